The van der Waals surface area contributed by atoms with E-state index in [-0.39, 0.29) is 11.5 Å². The highest BCUT2D eigenvalue weighted by Crippen LogP contribution is 2.19. The molecule has 0 aromatic carbocycles. The Bertz CT molecular complexity index is 477. The van der Waals surface area contributed by atoms with Gasteiger partial charge in [0.1, 0.15) is 0 Å². The lowest BCUT2D eigenvalue weighted by atomic mass is 10.0. The van der Waals surface area contributed by atoms with Crippen LogP contribution in [0.5, 0.6) is 0 Å². The average molecular weight is 237 g/mol. The zero-order chi connectivity index (χ0) is 12.4. The first-order chi connectivity index (χ1) is 8.13. The van der Waals surface area contributed by atoms with Crippen molar-refractivity contribution in [2.45, 2.75) is 19.9 Å². The van der Waals surface area contributed by atoms with E-state index < -0.39 is 5.97 Å². The number of carboxylic acids is 1. The summed E-state index contributed by atoms with van der Waals surface area (Å²) in [5.41, 5.74) is -0.141. The third kappa shape index (κ3) is 2.15. The van der Waals surface area contributed by atoms with Crippen molar-refractivity contribution in [3.63, 3.8) is 0 Å². The van der Waals surface area contributed by atoms with Crippen LogP contribution >= 0.6 is 0 Å². The number of carboxylic acid groups (broad SMARTS) is 1. The number of nitrogens with zero attached hydrogens (tertiary/aromatic N) is 3. The lowest BCUT2D eigenvalue weighted by Gasteiger charge is -2.37. The Labute approximate surface area is 98.5 Å². The Morgan fingerprint density at radius 1 is 1.59 bits per heavy atom. The van der Waals surface area contributed by atoms with Gasteiger partial charge in [0, 0.05) is 32.0 Å². The molecule has 0 bridgehead atoms. The smallest absolute Gasteiger partial charge is 0.310 e. The highest BCUT2D eigenvalue weighted by Gasteiger charge is 2.34. The molecule has 0 amide bonds. The summed E-state index contributed by atoms with van der Waals surface area (Å²) in [6.45, 7) is 3.39. The van der Waals surface area contributed by atoms with E-state index in [0.29, 0.717) is 25.5 Å². The van der Waals surface area contributed by atoms with Crippen LogP contribution in [0.3, 0.4) is 0 Å². The van der Waals surface area contributed by atoms with Gasteiger partial charge in [0.25, 0.3) is 5.56 Å². The van der Waals surface area contributed by atoms with Gasteiger partial charge in [0.2, 0.25) is 0 Å². The summed E-state index contributed by atoms with van der Waals surface area (Å²) < 4.78 is 1.61. The Morgan fingerprint density at radius 2 is 2.29 bits per heavy atom. The molecule has 0 aliphatic carbocycles. The number of carbonyl (C=O) groups is 1. The minimum atomic E-state index is -0.814. The quantitative estimate of drug-likeness (QED) is 0.808. The first-order valence-corrected chi connectivity index (χ1v) is 5.66. The number of aryl methyl sites for hydroxylation is 1. The Morgan fingerprint density at radius 3 is 2.88 bits per heavy atom. The summed E-state index contributed by atoms with van der Waals surface area (Å²) in [5, 5.41) is 8.78. The zero-order valence-electron chi connectivity index (χ0n) is 9.67. The van der Waals surface area contributed by atoms with Gasteiger partial charge in [-0.3, -0.25) is 9.59 Å². The lowest BCUT2D eigenvalue weighted by Crippen LogP contribution is -2.53. The molecule has 1 saturated heterocycles. The minimum absolute atomic E-state index is 0.141. The number of hydrogen-bond acceptors (Lipinski definition) is 4. The van der Waals surface area contributed by atoms with E-state index in [2.05, 4.69) is 4.98 Å². The summed E-state index contributed by atoms with van der Waals surface area (Å²) in [5.74, 6) is -0.833. The molecule has 0 saturated carbocycles. The molecule has 2 heterocycles. The van der Waals surface area contributed by atoms with Crippen LogP contribution in [0.25, 0.3) is 0 Å². The zero-order valence-corrected chi connectivity index (χ0v) is 9.67. The first-order valence-electron chi connectivity index (χ1n) is 5.66. The normalized spacial score (nSPS) is 15.7. The summed E-state index contributed by atoms with van der Waals surface area (Å²) in [4.78, 5) is 28.4. The third-order valence-electron chi connectivity index (χ3n) is 2.89. The molecule has 6 nitrogen and oxygen atoms in total. The second-order valence-corrected chi connectivity index (χ2v) is 4.19. The summed E-state index contributed by atoms with van der Waals surface area (Å²) in [6, 6.07) is 0. The van der Waals surface area contributed by atoms with Crippen LogP contribution in [0.2, 0.25) is 0 Å². The van der Waals surface area contributed by atoms with Crippen molar-refractivity contribution in [2.75, 3.05) is 18.0 Å². The SMILES string of the molecule is CCCn1ccnc(N2CC(C(=O)O)C2)c1=O. The van der Waals surface area contributed by atoms with Gasteiger partial charge in [0.15, 0.2) is 5.82 Å². The second kappa shape index (κ2) is 4.57. The van der Waals surface area contributed by atoms with Crippen molar-refractivity contribution < 1.29 is 9.90 Å². The van der Waals surface area contributed by atoms with Crippen LogP contribution in [0.1, 0.15) is 13.3 Å². The van der Waals surface area contributed by atoms with Crippen molar-refractivity contribution in [3.8, 4) is 0 Å². The van der Waals surface area contributed by atoms with Crippen LogP contribution in [0, 0.1) is 5.92 Å². The van der Waals surface area contributed by atoms with E-state index in [4.69, 9.17) is 5.11 Å². The Hall–Kier alpha value is -1.85. The number of aliphatic carboxylic acids is 1. The maximum absolute atomic E-state index is 12.0. The van der Waals surface area contributed by atoms with Crippen LogP contribution < -0.4 is 10.5 Å². The van der Waals surface area contributed by atoms with Crippen LogP contribution in [-0.2, 0) is 11.3 Å². The van der Waals surface area contributed by atoms with Gasteiger partial charge in [-0.2, -0.15) is 0 Å². The molecule has 1 aliphatic heterocycles. The van der Waals surface area contributed by atoms with Crippen molar-refractivity contribution in [2.24, 2.45) is 5.92 Å². The summed E-state index contributed by atoms with van der Waals surface area (Å²) in [6.07, 6.45) is 4.12. The highest BCUT2D eigenvalue weighted by atomic mass is 16.4. The maximum Gasteiger partial charge on any atom is 0.310 e. The molecule has 0 unspecified atom stereocenters. The molecule has 1 aromatic rings. The van der Waals surface area contributed by atoms with Crippen molar-refractivity contribution in [1.29, 1.82) is 0 Å². The van der Waals surface area contributed by atoms with E-state index in [1.165, 1.54) is 0 Å². The van der Waals surface area contributed by atoms with E-state index in [1.54, 1.807) is 21.9 Å². The van der Waals surface area contributed by atoms with Crippen LogP contribution in [0.4, 0.5) is 5.82 Å². The summed E-state index contributed by atoms with van der Waals surface area (Å²) >= 11 is 0. The first kappa shape index (κ1) is 11.6. The molecule has 0 atom stereocenters. The molecule has 17 heavy (non-hydrogen) atoms. The van der Waals surface area contributed by atoms with Crippen molar-refractivity contribution >= 4 is 11.8 Å². The fourth-order valence-corrected chi connectivity index (χ4v) is 1.88. The molecule has 0 spiro atoms. The molecule has 1 fully saturated rings. The minimum Gasteiger partial charge on any atom is -0.481 e. The molecular weight excluding hydrogens is 222 g/mol. The highest BCUT2D eigenvalue weighted by molar-refractivity contribution is 5.74. The largest absolute Gasteiger partial charge is 0.481 e. The van der Waals surface area contributed by atoms with Gasteiger partial charge >= 0.3 is 5.97 Å². The van der Waals surface area contributed by atoms with E-state index in [9.17, 15) is 9.59 Å². The van der Waals surface area contributed by atoms with Gasteiger partial charge in [-0.15, -0.1) is 0 Å². The molecular formula is C11H15N3O3. The fraction of sp³-hybridized carbons (Fsp3) is 0.545. The molecule has 0 radical (unpaired) electrons. The molecule has 92 valence electrons. The molecule has 1 aliphatic rings. The second-order valence-electron chi connectivity index (χ2n) is 4.19. The van der Waals surface area contributed by atoms with E-state index >= 15 is 0 Å². The molecule has 2 rings (SSSR count). The standard InChI is InChI=1S/C11H15N3O3/c1-2-4-13-5-3-12-9(10(13)15)14-6-8(7-14)11(16)17/h3,5,8H,2,4,6-7H2,1H3,(H,16,17). The molecule has 1 N–H and O–H groups in total. The van der Waals surface area contributed by atoms with Gasteiger partial charge in [-0.05, 0) is 6.42 Å². The van der Waals surface area contributed by atoms with Crippen molar-refractivity contribution in [1.82, 2.24) is 9.55 Å². The predicted octanol–water partition coefficient (Wildman–Crippen LogP) is 0.174. The van der Waals surface area contributed by atoms with E-state index in [1.807, 2.05) is 6.92 Å². The van der Waals surface area contributed by atoms with E-state index in [0.717, 1.165) is 6.42 Å². The number of aromatic nitrogens is 2. The lowest BCUT2D eigenvalue weighted by molar-refractivity contribution is -0.142. The molecule has 1 aromatic heterocycles. The van der Waals surface area contributed by atoms with Gasteiger partial charge in [0.05, 0.1) is 5.92 Å². The van der Waals surface area contributed by atoms with Crippen LogP contribution in [0.15, 0.2) is 17.2 Å². The van der Waals surface area contributed by atoms with Crippen LogP contribution in [-0.4, -0.2) is 33.7 Å². The third-order valence-corrected chi connectivity index (χ3v) is 2.89. The maximum atomic E-state index is 12.0. The van der Waals surface area contributed by atoms with Gasteiger partial charge in [-0.1, -0.05) is 6.92 Å². The summed E-state index contributed by atoms with van der Waals surface area (Å²) in [7, 11) is 0. The molecule has 6 heteroatoms. The number of hydrogen-bond donors (Lipinski definition) is 1. The monoisotopic (exact) mass is 237 g/mol. The number of anilines is 1. The average Bonchev–Trinajstić information content (AvgIpc) is 2.21. The Kier molecular flexibility index (Phi) is 3.12. The topological polar surface area (TPSA) is 75.4 Å². The fourth-order valence-electron chi connectivity index (χ4n) is 1.88. The number of rotatable bonds is 4. The Balaban J connectivity index is 2.15. The van der Waals surface area contributed by atoms with Gasteiger partial charge < -0.3 is 14.6 Å². The predicted molar refractivity (Wildman–Crippen MR) is 62.1 cm³/mol. The van der Waals surface area contributed by atoms with Gasteiger partial charge in [-0.25, -0.2) is 4.98 Å². The van der Waals surface area contributed by atoms with Crippen molar-refractivity contribution in [3.05, 3.63) is 22.7 Å².